The topological polar surface area (TPSA) is 39.2 Å². The Morgan fingerprint density at radius 3 is 2.70 bits per heavy atom. The van der Waals surface area contributed by atoms with Gasteiger partial charge in [-0.05, 0) is 30.0 Å². The molecule has 0 aliphatic heterocycles. The summed E-state index contributed by atoms with van der Waals surface area (Å²) in [6.45, 7) is 1.93. The van der Waals surface area contributed by atoms with Crippen LogP contribution in [0.4, 0.5) is 0 Å². The number of aromatic nitrogens is 1. The Morgan fingerprint density at radius 1 is 1.05 bits per heavy atom. The van der Waals surface area contributed by atoms with E-state index in [4.69, 9.17) is 4.74 Å². The van der Waals surface area contributed by atoms with E-state index in [0.717, 1.165) is 16.3 Å². The summed E-state index contributed by atoms with van der Waals surface area (Å²) in [6.07, 6.45) is 3.13. The average Bonchev–Trinajstić information content (AvgIpc) is 2.51. The lowest BCUT2D eigenvalue weighted by molar-refractivity contribution is 0.0735. The third-order valence-corrected chi connectivity index (χ3v) is 3.17. The van der Waals surface area contributed by atoms with Crippen molar-refractivity contribution >= 4 is 16.7 Å². The maximum absolute atomic E-state index is 12.1. The second-order valence-electron chi connectivity index (χ2n) is 4.56. The highest BCUT2D eigenvalue weighted by atomic mass is 16.5. The van der Waals surface area contributed by atoms with E-state index in [1.54, 1.807) is 18.3 Å². The first-order chi connectivity index (χ1) is 9.75. The van der Waals surface area contributed by atoms with E-state index in [-0.39, 0.29) is 0 Å². The Balaban J connectivity index is 2.03. The molecular formula is C17H13NO2. The van der Waals surface area contributed by atoms with E-state index >= 15 is 0 Å². The Kier molecular flexibility index (Phi) is 3.17. The third kappa shape index (κ3) is 2.26. The molecule has 3 aromatic rings. The van der Waals surface area contributed by atoms with Gasteiger partial charge in [0.1, 0.15) is 5.75 Å². The van der Waals surface area contributed by atoms with Gasteiger partial charge >= 0.3 is 5.97 Å². The highest BCUT2D eigenvalue weighted by Gasteiger charge is 2.12. The fourth-order valence-electron chi connectivity index (χ4n) is 2.12. The molecule has 3 heteroatoms. The smallest absolute Gasteiger partial charge is 0.345 e. The molecule has 0 fully saturated rings. The van der Waals surface area contributed by atoms with Gasteiger partial charge in [-0.1, -0.05) is 36.4 Å². The number of carbonyl (C=O) groups is 1. The predicted octanol–water partition coefficient (Wildman–Crippen LogP) is 3.76. The number of hydrogen-bond donors (Lipinski definition) is 0. The molecule has 0 saturated carbocycles. The molecule has 0 unspecified atom stereocenters. The van der Waals surface area contributed by atoms with E-state index in [1.165, 1.54) is 6.20 Å². The lowest BCUT2D eigenvalue weighted by Gasteiger charge is -2.10. The quantitative estimate of drug-likeness (QED) is 0.522. The molecule has 0 radical (unpaired) electrons. The molecule has 1 heterocycles. The van der Waals surface area contributed by atoms with E-state index in [0.29, 0.717) is 11.3 Å². The summed E-state index contributed by atoms with van der Waals surface area (Å²) in [6, 6.07) is 15.2. The van der Waals surface area contributed by atoms with Gasteiger partial charge in [0, 0.05) is 17.8 Å². The van der Waals surface area contributed by atoms with Gasteiger partial charge in [0.05, 0.1) is 5.56 Å². The number of ether oxygens (including phenoxy) is 1. The van der Waals surface area contributed by atoms with Crippen molar-refractivity contribution in [3.63, 3.8) is 0 Å². The minimum absolute atomic E-state index is 0.391. The number of hydrogen-bond acceptors (Lipinski definition) is 3. The van der Waals surface area contributed by atoms with Crippen molar-refractivity contribution in [1.82, 2.24) is 4.98 Å². The monoisotopic (exact) mass is 263 g/mol. The first-order valence-electron chi connectivity index (χ1n) is 6.36. The second-order valence-corrected chi connectivity index (χ2v) is 4.56. The van der Waals surface area contributed by atoms with E-state index < -0.39 is 5.97 Å². The van der Waals surface area contributed by atoms with Crippen molar-refractivity contribution in [2.75, 3.05) is 0 Å². The molecular weight excluding hydrogens is 250 g/mol. The zero-order valence-corrected chi connectivity index (χ0v) is 11.0. The van der Waals surface area contributed by atoms with E-state index in [1.807, 2.05) is 43.3 Å². The maximum Gasteiger partial charge on any atom is 0.345 e. The lowest BCUT2D eigenvalue weighted by Crippen LogP contribution is -2.09. The molecule has 0 spiro atoms. The predicted molar refractivity (Wildman–Crippen MR) is 77.9 cm³/mol. The first kappa shape index (κ1) is 12.4. The van der Waals surface area contributed by atoms with Crippen molar-refractivity contribution in [3.8, 4) is 5.75 Å². The van der Waals surface area contributed by atoms with Crippen LogP contribution in [0.1, 0.15) is 15.9 Å². The van der Waals surface area contributed by atoms with E-state index in [9.17, 15) is 4.79 Å². The van der Waals surface area contributed by atoms with Crippen LogP contribution in [0.3, 0.4) is 0 Å². The number of carbonyl (C=O) groups excluding carboxylic acids is 1. The standard InChI is InChI=1S/C17H13NO2/c1-12-8-9-13-5-2-3-7-15(13)16(12)20-17(19)14-6-4-10-18-11-14/h2-11H,1H3. The van der Waals surface area contributed by atoms with Crippen molar-refractivity contribution in [1.29, 1.82) is 0 Å². The van der Waals surface area contributed by atoms with Crippen LogP contribution in [0.2, 0.25) is 0 Å². The van der Waals surface area contributed by atoms with Gasteiger partial charge in [-0.15, -0.1) is 0 Å². The summed E-state index contributed by atoms with van der Waals surface area (Å²) in [5.74, 6) is 0.217. The van der Waals surface area contributed by atoms with Gasteiger partial charge in [-0.2, -0.15) is 0 Å². The largest absolute Gasteiger partial charge is 0.422 e. The highest BCUT2D eigenvalue weighted by molar-refractivity contribution is 5.96. The fourth-order valence-corrected chi connectivity index (χ4v) is 2.12. The second kappa shape index (κ2) is 5.13. The minimum Gasteiger partial charge on any atom is -0.422 e. The summed E-state index contributed by atoms with van der Waals surface area (Å²) < 4.78 is 5.57. The molecule has 20 heavy (non-hydrogen) atoms. The minimum atomic E-state index is -0.391. The molecule has 0 saturated heterocycles. The molecule has 0 bridgehead atoms. The van der Waals surface area contributed by atoms with Gasteiger partial charge in [0.15, 0.2) is 0 Å². The molecule has 3 rings (SSSR count). The molecule has 1 aromatic heterocycles. The Labute approximate surface area is 116 Å². The van der Waals surface area contributed by atoms with Crippen LogP contribution < -0.4 is 4.74 Å². The van der Waals surface area contributed by atoms with Crippen LogP contribution in [-0.2, 0) is 0 Å². The number of rotatable bonds is 2. The van der Waals surface area contributed by atoms with Gasteiger partial charge in [0.25, 0.3) is 0 Å². The zero-order chi connectivity index (χ0) is 13.9. The zero-order valence-electron chi connectivity index (χ0n) is 11.0. The van der Waals surface area contributed by atoms with Crippen LogP contribution in [0, 0.1) is 6.92 Å². The van der Waals surface area contributed by atoms with Gasteiger partial charge in [0.2, 0.25) is 0 Å². The van der Waals surface area contributed by atoms with Crippen molar-refractivity contribution in [3.05, 3.63) is 72.1 Å². The summed E-state index contributed by atoms with van der Waals surface area (Å²) in [5, 5.41) is 1.98. The number of fused-ring (bicyclic) bond motifs is 1. The molecule has 0 N–H and O–H groups in total. The number of aryl methyl sites for hydroxylation is 1. The Morgan fingerprint density at radius 2 is 1.90 bits per heavy atom. The first-order valence-corrected chi connectivity index (χ1v) is 6.36. The summed E-state index contributed by atoms with van der Waals surface area (Å²) in [5.41, 5.74) is 1.38. The van der Waals surface area contributed by atoms with Crippen LogP contribution >= 0.6 is 0 Å². The molecule has 3 nitrogen and oxygen atoms in total. The van der Waals surface area contributed by atoms with E-state index in [2.05, 4.69) is 4.98 Å². The van der Waals surface area contributed by atoms with Crippen molar-refractivity contribution in [2.24, 2.45) is 0 Å². The molecule has 2 aromatic carbocycles. The normalized spacial score (nSPS) is 10.4. The number of nitrogens with zero attached hydrogens (tertiary/aromatic N) is 1. The number of pyridine rings is 1. The third-order valence-electron chi connectivity index (χ3n) is 3.17. The van der Waals surface area contributed by atoms with Crippen LogP contribution in [0.25, 0.3) is 10.8 Å². The van der Waals surface area contributed by atoms with Crippen LogP contribution in [-0.4, -0.2) is 11.0 Å². The van der Waals surface area contributed by atoms with Crippen molar-refractivity contribution in [2.45, 2.75) is 6.92 Å². The molecule has 0 amide bonds. The molecule has 0 atom stereocenters. The molecule has 0 aliphatic carbocycles. The average molecular weight is 263 g/mol. The molecule has 98 valence electrons. The van der Waals surface area contributed by atoms with Crippen LogP contribution in [0.5, 0.6) is 5.75 Å². The summed E-state index contributed by atoms with van der Waals surface area (Å²) in [7, 11) is 0. The Bertz CT molecular complexity index is 766. The number of esters is 1. The van der Waals surface area contributed by atoms with Crippen molar-refractivity contribution < 1.29 is 9.53 Å². The highest BCUT2D eigenvalue weighted by Crippen LogP contribution is 2.29. The maximum atomic E-state index is 12.1. The van der Waals surface area contributed by atoms with Gasteiger partial charge < -0.3 is 4.74 Å². The van der Waals surface area contributed by atoms with Gasteiger partial charge in [-0.3, -0.25) is 4.98 Å². The summed E-state index contributed by atoms with van der Waals surface area (Å²) >= 11 is 0. The molecule has 0 aliphatic rings. The SMILES string of the molecule is Cc1ccc2ccccc2c1OC(=O)c1cccnc1. The van der Waals surface area contributed by atoms with Crippen LogP contribution in [0.15, 0.2) is 60.9 Å². The Hall–Kier alpha value is -2.68. The number of benzene rings is 2. The summed E-state index contributed by atoms with van der Waals surface area (Å²) in [4.78, 5) is 16.1. The fraction of sp³-hybridized carbons (Fsp3) is 0.0588. The lowest BCUT2D eigenvalue weighted by atomic mass is 10.1. The van der Waals surface area contributed by atoms with Gasteiger partial charge in [-0.25, -0.2) is 4.79 Å².